The van der Waals surface area contributed by atoms with Crippen molar-refractivity contribution in [2.45, 2.75) is 19.3 Å². The van der Waals surface area contributed by atoms with E-state index in [9.17, 15) is 4.79 Å². The lowest BCUT2D eigenvalue weighted by atomic mass is 9.91. The molecule has 4 N–H and O–H groups in total. The summed E-state index contributed by atoms with van der Waals surface area (Å²) in [4.78, 5) is 19.9. The fourth-order valence-electron chi connectivity index (χ4n) is 3.46. The maximum Gasteiger partial charge on any atom is 0.349 e. The van der Waals surface area contributed by atoms with Crippen LogP contribution in [0, 0.1) is 12.3 Å². The third-order valence-electron chi connectivity index (χ3n) is 5.01. The van der Waals surface area contributed by atoms with Crippen molar-refractivity contribution in [1.29, 1.82) is 5.41 Å². The quantitative estimate of drug-likeness (QED) is 0.298. The van der Waals surface area contributed by atoms with E-state index in [-0.39, 0.29) is 11.8 Å². The number of aromatic nitrogens is 6. The number of nitrogens with zero attached hydrogens (tertiary/aromatic N) is 5. The molecule has 0 aliphatic carbocycles. The molecule has 1 aromatic carbocycles. The first-order valence-corrected chi connectivity index (χ1v) is 9.88. The van der Waals surface area contributed by atoms with Crippen LogP contribution in [0.5, 0.6) is 5.88 Å². The van der Waals surface area contributed by atoms with Gasteiger partial charge >= 0.3 is 5.69 Å². The van der Waals surface area contributed by atoms with Crippen LogP contribution >= 0.6 is 0 Å². The van der Waals surface area contributed by atoms with Crippen molar-refractivity contribution in [1.82, 2.24) is 29.9 Å². The number of amidine groups is 1. The number of ether oxygens (including phenoxy) is 1. The summed E-state index contributed by atoms with van der Waals surface area (Å²) in [6.45, 7) is 1.88. The van der Waals surface area contributed by atoms with Crippen molar-refractivity contribution < 1.29 is 4.74 Å². The van der Waals surface area contributed by atoms with Gasteiger partial charge in [-0.2, -0.15) is 9.78 Å². The lowest BCUT2D eigenvalue weighted by Gasteiger charge is -2.16. The molecule has 3 heterocycles. The van der Waals surface area contributed by atoms with Gasteiger partial charge in [-0.15, -0.1) is 10.2 Å². The Morgan fingerprint density at radius 2 is 2.03 bits per heavy atom. The average Bonchev–Trinajstić information content (AvgIpc) is 3.19. The maximum absolute atomic E-state index is 12.6. The Morgan fingerprint density at radius 3 is 2.69 bits per heavy atom. The lowest BCUT2D eigenvalue weighted by molar-refractivity contribution is 0.396. The molecule has 32 heavy (non-hydrogen) atoms. The summed E-state index contributed by atoms with van der Waals surface area (Å²) in [5.74, 6) is 0.999. The van der Waals surface area contributed by atoms with E-state index in [1.54, 1.807) is 31.4 Å². The van der Waals surface area contributed by atoms with Gasteiger partial charge in [-0.05, 0) is 42.7 Å². The van der Waals surface area contributed by atoms with Crippen LogP contribution in [0.4, 0.5) is 0 Å². The van der Waals surface area contributed by atoms with Crippen molar-refractivity contribution in [3.8, 4) is 11.7 Å². The summed E-state index contributed by atoms with van der Waals surface area (Å²) in [6.07, 6.45) is 2.07. The number of nitrogens with two attached hydrogens (primary N) is 1. The molecule has 0 spiro atoms. The van der Waals surface area contributed by atoms with Gasteiger partial charge in [0, 0.05) is 29.4 Å². The van der Waals surface area contributed by atoms with E-state index in [1.807, 2.05) is 31.2 Å². The summed E-state index contributed by atoms with van der Waals surface area (Å²) in [6, 6.07) is 14.5. The van der Waals surface area contributed by atoms with Gasteiger partial charge in [0.25, 0.3) is 0 Å². The van der Waals surface area contributed by atoms with Crippen molar-refractivity contribution in [2.24, 2.45) is 5.73 Å². The third kappa shape index (κ3) is 4.38. The minimum atomic E-state index is -0.407. The number of nitrogens with one attached hydrogen (secondary N) is 2. The molecular formula is C22H22N8O2. The van der Waals surface area contributed by atoms with E-state index in [1.165, 1.54) is 10.9 Å². The molecule has 0 aliphatic rings. The number of nitrogen functional groups attached to an aromatic ring is 1. The van der Waals surface area contributed by atoms with Crippen LogP contribution in [-0.4, -0.2) is 42.9 Å². The van der Waals surface area contributed by atoms with Gasteiger partial charge in [0.15, 0.2) is 5.82 Å². The predicted molar refractivity (Wildman–Crippen MR) is 118 cm³/mol. The number of hydrogen-bond donors (Lipinski definition) is 3. The Morgan fingerprint density at radius 1 is 1.25 bits per heavy atom. The number of benzene rings is 1. The van der Waals surface area contributed by atoms with E-state index in [4.69, 9.17) is 15.9 Å². The van der Waals surface area contributed by atoms with Crippen molar-refractivity contribution >= 4 is 5.84 Å². The zero-order valence-corrected chi connectivity index (χ0v) is 17.6. The van der Waals surface area contributed by atoms with E-state index < -0.39 is 5.69 Å². The summed E-state index contributed by atoms with van der Waals surface area (Å²) in [5.41, 5.74) is 8.47. The highest BCUT2D eigenvalue weighted by atomic mass is 16.5. The first-order valence-electron chi connectivity index (χ1n) is 9.88. The molecule has 4 aromatic rings. The SMILES string of the molecule is COc1cc(C(Cc2ccc(C(=N)N)cc2)c2nn(-c3cccnn3)c(=O)[nH]2)cc(C)n1. The monoisotopic (exact) mass is 430 g/mol. The van der Waals surface area contributed by atoms with Gasteiger partial charge in [0.05, 0.1) is 7.11 Å². The zero-order chi connectivity index (χ0) is 22.7. The fourth-order valence-corrected chi connectivity index (χ4v) is 3.46. The Kier molecular flexibility index (Phi) is 5.75. The molecule has 4 rings (SSSR count). The second-order valence-corrected chi connectivity index (χ2v) is 7.26. The van der Waals surface area contributed by atoms with Crippen LogP contribution in [0.1, 0.15) is 34.1 Å². The first kappa shape index (κ1) is 20.9. The highest BCUT2D eigenvalue weighted by Crippen LogP contribution is 2.28. The van der Waals surface area contributed by atoms with Crippen LogP contribution in [0.15, 0.2) is 59.5 Å². The minimum Gasteiger partial charge on any atom is -0.481 e. The largest absolute Gasteiger partial charge is 0.481 e. The second kappa shape index (κ2) is 8.80. The normalized spacial score (nSPS) is 11.8. The Hall–Kier alpha value is -4.34. The maximum atomic E-state index is 12.6. The van der Waals surface area contributed by atoms with Gasteiger partial charge < -0.3 is 10.5 Å². The number of hydrogen-bond acceptors (Lipinski definition) is 7. The molecule has 0 radical (unpaired) electrons. The topological polar surface area (TPSA) is 148 Å². The fraction of sp³-hybridized carbons (Fsp3) is 0.182. The standard InChI is InChI=1S/C22H22N8O2/c1-13-10-16(12-19(26-13)32-2)17(11-14-5-7-15(8-6-14)20(23)24)21-27-22(31)30(29-21)18-4-3-9-25-28-18/h3-10,12,17H,11H2,1-2H3,(H3,23,24)(H,27,29,31). The zero-order valence-electron chi connectivity index (χ0n) is 17.6. The molecule has 0 fully saturated rings. The van der Waals surface area contributed by atoms with Crippen LogP contribution in [0.2, 0.25) is 0 Å². The van der Waals surface area contributed by atoms with E-state index in [2.05, 4.69) is 25.3 Å². The van der Waals surface area contributed by atoms with Crippen LogP contribution in [0.25, 0.3) is 5.82 Å². The summed E-state index contributed by atoms with van der Waals surface area (Å²) < 4.78 is 6.54. The number of aromatic amines is 1. The molecule has 1 atom stereocenters. The Bertz CT molecular complexity index is 1300. The molecule has 1 unspecified atom stereocenters. The molecule has 0 saturated carbocycles. The molecular weight excluding hydrogens is 408 g/mol. The first-order chi connectivity index (χ1) is 15.4. The molecule has 0 saturated heterocycles. The lowest BCUT2D eigenvalue weighted by Crippen LogP contribution is -2.17. The summed E-state index contributed by atoms with van der Waals surface area (Å²) >= 11 is 0. The van der Waals surface area contributed by atoms with Crippen molar-refractivity contribution in [2.75, 3.05) is 7.11 Å². The second-order valence-electron chi connectivity index (χ2n) is 7.26. The summed E-state index contributed by atoms with van der Waals surface area (Å²) in [5, 5.41) is 19.9. The van der Waals surface area contributed by atoms with Gasteiger partial charge in [0.1, 0.15) is 11.7 Å². The van der Waals surface area contributed by atoms with Gasteiger partial charge in [-0.3, -0.25) is 10.4 Å². The molecule has 0 aliphatic heterocycles. The molecule has 162 valence electrons. The van der Waals surface area contributed by atoms with Gasteiger partial charge in [-0.25, -0.2) is 9.78 Å². The van der Waals surface area contributed by atoms with Gasteiger partial charge in [0.2, 0.25) is 5.88 Å². The number of H-pyrrole nitrogens is 1. The number of methoxy groups -OCH3 is 1. The molecule has 0 bridgehead atoms. The average molecular weight is 430 g/mol. The predicted octanol–water partition coefficient (Wildman–Crippen LogP) is 1.72. The summed E-state index contributed by atoms with van der Waals surface area (Å²) in [7, 11) is 1.56. The van der Waals surface area contributed by atoms with E-state index in [0.29, 0.717) is 29.5 Å². The highest BCUT2D eigenvalue weighted by molar-refractivity contribution is 5.94. The minimum absolute atomic E-state index is 0.00892. The third-order valence-corrected chi connectivity index (χ3v) is 5.01. The van der Waals surface area contributed by atoms with Crippen LogP contribution in [-0.2, 0) is 6.42 Å². The molecule has 3 aromatic heterocycles. The number of rotatable bonds is 7. The smallest absolute Gasteiger partial charge is 0.349 e. The Labute approximate surface area is 183 Å². The van der Waals surface area contributed by atoms with Crippen LogP contribution < -0.4 is 16.2 Å². The highest BCUT2D eigenvalue weighted by Gasteiger charge is 2.22. The molecule has 10 nitrogen and oxygen atoms in total. The van der Waals surface area contributed by atoms with Crippen LogP contribution in [0.3, 0.4) is 0 Å². The van der Waals surface area contributed by atoms with Crippen molar-refractivity contribution in [3.05, 3.63) is 93.4 Å². The van der Waals surface area contributed by atoms with Gasteiger partial charge in [-0.1, -0.05) is 24.3 Å². The van der Waals surface area contributed by atoms with E-state index >= 15 is 0 Å². The number of aryl methyl sites for hydroxylation is 1. The Balaban J connectivity index is 1.78. The van der Waals surface area contributed by atoms with Crippen molar-refractivity contribution in [3.63, 3.8) is 0 Å². The number of pyridine rings is 1. The molecule has 0 amide bonds. The molecule has 10 heteroatoms. The van der Waals surface area contributed by atoms with E-state index in [0.717, 1.165) is 16.8 Å².